The molecule has 0 unspecified atom stereocenters. The highest BCUT2D eigenvalue weighted by Crippen LogP contribution is 2.18. The van der Waals surface area contributed by atoms with Crippen LogP contribution in [0.1, 0.15) is 27.2 Å². The van der Waals surface area contributed by atoms with Crippen LogP contribution in [0, 0.1) is 13.8 Å². The van der Waals surface area contributed by atoms with Crippen molar-refractivity contribution in [3.05, 3.63) is 77.1 Å². The lowest BCUT2D eigenvalue weighted by molar-refractivity contribution is -0.137. The van der Waals surface area contributed by atoms with Gasteiger partial charge < -0.3 is 20.1 Å². The largest absolute Gasteiger partial charge is 0.497 e. The molecule has 8 nitrogen and oxygen atoms in total. The highest BCUT2D eigenvalue weighted by molar-refractivity contribution is 5.96. The van der Waals surface area contributed by atoms with Crippen molar-refractivity contribution in [3.8, 4) is 5.75 Å². The van der Waals surface area contributed by atoms with E-state index < -0.39 is 18.4 Å². The van der Waals surface area contributed by atoms with Gasteiger partial charge in [-0.25, -0.2) is 9.97 Å². The molecule has 2 aromatic carbocycles. The number of benzene rings is 2. The van der Waals surface area contributed by atoms with Crippen molar-refractivity contribution in [1.82, 2.24) is 14.9 Å². The van der Waals surface area contributed by atoms with Crippen molar-refractivity contribution in [2.24, 2.45) is 0 Å². The van der Waals surface area contributed by atoms with E-state index in [0.29, 0.717) is 17.4 Å². The predicted octanol–water partition coefficient (Wildman–Crippen LogP) is 3.57. The van der Waals surface area contributed by atoms with Gasteiger partial charge in [0.15, 0.2) is 0 Å². The Labute approximate surface area is 180 Å². The maximum atomic E-state index is 13.1. The zero-order valence-electron chi connectivity index (χ0n) is 17.6. The van der Waals surface area contributed by atoms with Gasteiger partial charge in [0.2, 0.25) is 5.95 Å². The number of carboxylic acids is 1. The van der Waals surface area contributed by atoms with E-state index in [2.05, 4.69) is 15.3 Å². The number of carbonyl (C=O) groups is 2. The summed E-state index contributed by atoms with van der Waals surface area (Å²) in [5.74, 6) is -0.505. The van der Waals surface area contributed by atoms with Gasteiger partial charge in [-0.2, -0.15) is 0 Å². The first-order valence-corrected chi connectivity index (χ1v) is 9.67. The van der Waals surface area contributed by atoms with E-state index in [4.69, 9.17) is 4.74 Å². The Morgan fingerprint density at radius 1 is 1.06 bits per heavy atom. The number of amides is 1. The van der Waals surface area contributed by atoms with Crippen molar-refractivity contribution in [1.29, 1.82) is 0 Å². The number of ether oxygens (including phenoxy) is 1. The van der Waals surface area contributed by atoms with E-state index >= 15 is 0 Å². The molecule has 2 N–H and O–H groups in total. The molecule has 0 saturated heterocycles. The monoisotopic (exact) mass is 420 g/mol. The van der Waals surface area contributed by atoms with Crippen LogP contribution in [0.5, 0.6) is 5.75 Å². The normalized spacial score (nSPS) is 10.4. The van der Waals surface area contributed by atoms with Gasteiger partial charge in [0, 0.05) is 18.4 Å². The summed E-state index contributed by atoms with van der Waals surface area (Å²) in [7, 11) is 1.56. The number of hydrogen-bond donors (Lipinski definition) is 2. The molecule has 160 valence electrons. The topological polar surface area (TPSA) is 105 Å². The number of nitrogens with zero attached hydrogens (tertiary/aromatic N) is 3. The number of aryl methyl sites for hydroxylation is 2. The van der Waals surface area contributed by atoms with Crippen LogP contribution in [-0.2, 0) is 11.3 Å². The van der Waals surface area contributed by atoms with E-state index in [-0.39, 0.29) is 12.1 Å². The minimum Gasteiger partial charge on any atom is -0.497 e. The summed E-state index contributed by atoms with van der Waals surface area (Å²) in [6.45, 7) is 3.40. The molecule has 0 saturated carbocycles. The SMILES string of the molecule is COc1ccc(CN(CC(=O)O)C(=O)c2cnc(Nc3ccc(C)cc3)nc2C)cc1. The second-order valence-corrected chi connectivity index (χ2v) is 7.09. The third-order valence-electron chi connectivity index (χ3n) is 4.66. The minimum absolute atomic E-state index is 0.137. The molecule has 0 fully saturated rings. The standard InChI is InChI=1S/C23H24N4O4/c1-15-4-8-18(9-5-15)26-23-24-12-20(16(2)25-23)22(30)27(14-21(28)29)13-17-6-10-19(31-3)11-7-17/h4-12H,13-14H2,1-3H3,(H,28,29)(H,24,25,26). The van der Waals surface area contributed by atoms with Crippen LogP contribution in [0.3, 0.4) is 0 Å². The number of carboxylic acid groups (broad SMARTS) is 1. The molecule has 0 atom stereocenters. The Morgan fingerprint density at radius 2 is 1.74 bits per heavy atom. The first-order valence-electron chi connectivity index (χ1n) is 9.67. The molecule has 0 bridgehead atoms. The van der Waals surface area contributed by atoms with E-state index in [9.17, 15) is 14.7 Å². The summed E-state index contributed by atoms with van der Waals surface area (Å²) < 4.78 is 5.13. The van der Waals surface area contributed by atoms with Crippen molar-refractivity contribution in [2.45, 2.75) is 20.4 Å². The van der Waals surface area contributed by atoms with Crippen LogP contribution >= 0.6 is 0 Å². The Hall–Kier alpha value is -3.94. The second-order valence-electron chi connectivity index (χ2n) is 7.09. The first-order chi connectivity index (χ1) is 14.9. The van der Waals surface area contributed by atoms with Gasteiger partial charge in [-0.05, 0) is 43.7 Å². The molecule has 1 heterocycles. The summed E-state index contributed by atoms with van der Waals surface area (Å²) >= 11 is 0. The third-order valence-corrected chi connectivity index (χ3v) is 4.66. The molecule has 0 aliphatic carbocycles. The number of rotatable bonds is 8. The molecule has 0 spiro atoms. The molecule has 1 amide bonds. The molecule has 3 rings (SSSR count). The lowest BCUT2D eigenvalue weighted by atomic mass is 10.1. The molecular weight excluding hydrogens is 396 g/mol. The third kappa shape index (κ3) is 5.79. The zero-order chi connectivity index (χ0) is 22.4. The molecule has 0 radical (unpaired) electrons. The Kier molecular flexibility index (Phi) is 6.81. The van der Waals surface area contributed by atoms with Crippen LogP contribution in [0.2, 0.25) is 0 Å². The van der Waals surface area contributed by atoms with Gasteiger partial charge in [-0.3, -0.25) is 9.59 Å². The highest BCUT2D eigenvalue weighted by Gasteiger charge is 2.22. The average Bonchev–Trinajstić information content (AvgIpc) is 2.75. The van der Waals surface area contributed by atoms with Gasteiger partial charge in [0.1, 0.15) is 12.3 Å². The van der Waals surface area contributed by atoms with Crippen molar-refractivity contribution >= 4 is 23.5 Å². The van der Waals surface area contributed by atoms with Crippen molar-refractivity contribution in [2.75, 3.05) is 19.0 Å². The van der Waals surface area contributed by atoms with Gasteiger partial charge in [0.05, 0.1) is 18.4 Å². The Bertz CT molecular complexity index is 1070. The molecule has 31 heavy (non-hydrogen) atoms. The molecule has 1 aromatic heterocycles. The summed E-state index contributed by atoms with van der Waals surface area (Å²) in [5.41, 5.74) is 3.46. The van der Waals surface area contributed by atoms with Gasteiger partial charge in [-0.15, -0.1) is 0 Å². The van der Waals surface area contributed by atoms with Crippen molar-refractivity contribution < 1.29 is 19.4 Å². The van der Waals surface area contributed by atoms with Crippen molar-refractivity contribution in [3.63, 3.8) is 0 Å². The van der Waals surface area contributed by atoms with Gasteiger partial charge in [0.25, 0.3) is 5.91 Å². The number of methoxy groups -OCH3 is 1. The fraction of sp³-hybridized carbons (Fsp3) is 0.217. The smallest absolute Gasteiger partial charge is 0.323 e. The maximum Gasteiger partial charge on any atom is 0.323 e. The molecule has 8 heteroatoms. The number of carbonyl (C=O) groups excluding carboxylic acids is 1. The zero-order valence-corrected chi connectivity index (χ0v) is 17.6. The summed E-state index contributed by atoms with van der Waals surface area (Å²) in [6.07, 6.45) is 1.42. The van der Waals surface area contributed by atoms with Crippen LogP contribution in [0.25, 0.3) is 0 Å². The van der Waals surface area contributed by atoms with Crippen LogP contribution in [-0.4, -0.2) is 45.5 Å². The first kappa shape index (κ1) is 21.8. The number of nitrogens with one attached hydrogen (secondary N) is 1. The second kappa shape index (κ2) is 9.71. The number of anilines is 2. The van der Waals surface area contributed by atoms with E-state index in [0.717, 1.165) is 16.8 Å². The fourth-order valence-electron chi connectivity index (χ4n) is 2.99. The van der Waals surface area contributed by atoms with Gasteiger partial charge >= 0.3 is 5.97 Å². The number of hydrogen-bond acceptors (Lipinski definition) is 6. The molecule has 0 aliphatic rings. The summed E-state index contributed by atoms with van der Waals surface area (Å²) in [6, 6.07) is 14.9. The molecule has 3 aromatic rings. The lowest BCUT2D eigenvalue weighted by Crippen LogP contribution is -2.35. The number of aromatic nitrogens is 2. The number of aliphatic carboxylic acids is 1. The average molecular weight is 420 g/mol. The van der Waals surface area contributed by atoms with E-state index in [1.54, 1.807) is 38.3 Å². The Morgan fingerprint density at radius 3 is 2.32 bits per heavy atom. The van der Waals surface area contributed by atoms with E-state index in [1.165, 1.54) is 11.1 Å². The van der Waals surface area contributed by atoms with E-state index in [1.807, 2.05) is 31.2 Å². The lowest BCUT2D eigenvalue weighted by Gasteiger charge is -2.21. The fourth-order valence-corrected chi connectivity index (χ4v) is 2.99. The van der Waals surface area contributed by atoms with Crippen LogP contribution in [0.15, 0.2) is 54.7 Å². The highest BCUT2D eigenvalue weighted by atomic mass is 16.5. The molecular formula is C23H24N4O4. The summed E-state index contributed by atoms with van der Waals surface area (Å²) in [4.78, 5) is 34.3. The van der Waals surface area contributed by atoms with Crippen LogP contribution in [0.4, 0.5) is 11.6 Å². The predicted molar refractivity (Wildman–Crippen MR) is 117 cm³/mol. The summed E-state index contributed by atoms with van der Waals surface area (Å²) in [5, 5.41) is 12.4. The minimum atomic E-state index is -1.10. The Balaban J connectivity index is 1.79. The molecule has 0 aliphatic heterocycles. The van der Waals surface area contributed by atoms with Gasteiger partial charge in [-0.1, -0.05) is 29.8 Å². The van der Waals surface area contributed by atoms with Crippen LogP contribution < -0.4 is 10.1 Å². The maximum absolute atomic E-state index is 13.1. The quantitative estimate of drug-likeness (QED) is 0.574.